The van der Waals surface area contributed by atoms with Crippen LogP contribution in [-0.4, -0.2) is 51.4 Å². The van der Waals surface area contributed by atoms with Crippen LogP contribution in [0.2, 0.25) is 0 Å². The fourth-order valence-electron chi connectivity index (χ4n) is 10.9. The molecule has 0 radical (unpaired) electrons. The van der Waals surface area contributed by atoms with Gasteiger partial charge in [0.25, 0.3) is 0 Å². The van der Waals surface area contributed by atoms with E-state index in [4.69, 9.17) is 11.5 Å². The molecule has 4 aliphatic carbocycles. The second kappa shape index (κ2) is 16.4. The van der Waals surface area contributed by atoms with Crippen LogP contribution >= 0.6 is 0 Å². The van der Waals surface area contributed by atoms with Gasteiger partial charge in [-0.1, -0.05) is 34.6 Å². The minimum absolute atomic E-state index is 0.374. The monoisotopic (exact) mass is 588 g/mol. The SMILES string of the molecule is CC(C)C(N)CC[C@@H](C)C1CC[C@H]2[C@@H]3CC[C@H]4C[C@H](NCCCNCCCCNCCCN)CC[C@]4(C)[C@H]3CC[C@]12C. The molecule has 4 fully saturated rings. The molecule has 10 atom stereocenters. The summed E-state index contributed by atoms with van der Waals surface area (Å²) < 4.78 is 0. The van der Waals surface area contributed by atoms with Crippen LogP contribution in [0.4, 0.5) is 0 Å². The molecule has 4 rings (SSSR count). The summed E-state index contributed by atoms with van der Waals surface area (Å²) in [6, 6.07) is 1.13. The lowest BCUT2D eigenvalue weighted by atomic mass is 9.44. The van der Waals surface area contributed by atoms with Gasteiger partial charge in [-0.25, -0.2) is 0 Å². The average molecular weight is 588 g/mol. The van der Waals surface area contributed by atoms with E-state index in [1.807, 2.05) is 0 Å². The van der Waals surface area contributed by atoms with Crippen molar-refractivity contribution in [2.75, 3.05) is 39.3 Å². The molecule has 0 aliphatic heterocycles. The van der Waals surface area contributed by atoms with Gasteiger partial charge in [0.15, 0.2) is 0 Å². The Bertz CT molecular complexity index is 773. The third kappa shape index (κ3) is 8.33. The third-order valence-corrected chi connectivity index (χ3v) is 13.7. The van der Waals surface area contributed by atoms with E-state index in [1.54, 1.807) is 0 Å². The molecule has 0 heterocycles. The van der Waals surface area contributed by atoms with Crippen molar-refractivity contribution in [3.05, 3.63) is 0 Å². The van der Waals surface area contributed by atoms with Gasteiger partial charge in [-0.3, -0.25) is 0 Å². The Morgan fingerprint density at radius 2 is 1.38 bits per heavy atom. The van der Waals surface area contributed by atoms with Gasteiger partial charge < -0.3 is 27.4 Å². The van der Waals surface area contributed by atoms with Crippen molar-refractivity contribution in [1.82, 2.24) is 16.0 Å². The standard InChI is InChI=1S/C37H73N5/c1-27(2)35(39)15-10-28(3)32-13-14-33-31-12-11-29-26-30(16-18-36(29,4)34(31)17-19-37(32,33)5)42-25-9-24-41-22-7-6-21-40-23-8-20-38/h27-35,40-42H,6-26,38-39H2,1-5H3/t28-,29+,30-,31+,32?,33+,34+,35?,36+,37-/m1/s1. The summed E-state index contributed by atoms with van der Waals surface area (Å²) in [6.07, 6.45) is 20.7. The van der Waals surface area contributed by atoms with E-state index in [2.05, 4.69) is 50.6 Å². The van der Waals surface area contributed by atoms with Crippen LogP contribution < -0.4 is 27.4 Å². The molecule has 4 aliphatic rings. The highest BCUT2D eigenvalue weighted by Gasteiger charge is 2.60. The molecule has 0 amide bonds. The number of unbranched alkanes of at least 4 members (excludes halogenated alkanes) is 1. The van der Waals surface area contributed by atoms with Crippen molar-refractivity contribution >= 4 is 0 Å². The smallest absolute Gasteiger partial charge is 0.00701 e. The van der Waals surface area contributed by atoms with Gasteiger partial charge in [-0.15, -0.1) is 0 Å². The maximum absolute atomic E-state index is 6.47. The highest BCUT2D eigenvalue weighted by atomic mass is 14.9. The molecule has 0 saturated heterocycles. The van der Waals surface area contributed by atoms with Crippen LogP contribution in [0.1, 0.15) is 131 Å². The number of hydrogen-bond donors (Lipinski definition) is 5. The number of nitrogens with one attached hydrogen (secondary N) is 3. The normalized spacial score (nSPS) is 37.7. The summed E-state index contributed by atoms with van der Waals surface area (Å²) in [5.74, 6) is 6.27. The quantitative estimate of drug-likeness (QED) is 0.115. The highest BCUT2D eigenvalue weighted by Crippen LogP contribution is 2.68. The van der Waals surface area contributed by atoms with Gasteiger partial charge >= 0.3 is 0 Å². The molecule has 246 valence electrons. The Morgan fingerprint density at radius 3 is 2.10 bits per heavy atom. The molecular formula is C37H73N5. The van der Waals surface area contributed by atoms with E-state index in [0.717, 1.165) is 80.7 Å². The van der Waals surface area contributed by atoms with Crippen LogP contribution in [0, 0.1) is 52.3 Å². The van der Waals surface area contributed by atoms with Gasteiger partial charge in [0.05, 0.1) is 0 Å². The maximum atomic E-state index is 6.47. The van der Waals surface area contributed by atoms with E-state index in [1.165, 1.54) is 96.4 Å². The highest BCUT2D eigenvalue weighted by molar-refractivity contribution is 5.10. The fourth-order valence-corrected chi connectivity index (χ4v) is 10.9. The van der Waals surface area contributed by atoms with E-state index < -0.39 is 0 Å². The minimum Gasteiger partial charge on any atom is -0.330 e. The van der Waals surface area contributed by atoms with E-state index >= 15 is 0 Å². The van der Waals surface area contributed by atoms with Crippen LogP contribution in [0.5, 0.6) is 0 Å². The van der Waals surface area contributed by atoms with Crippen molar-refractivity contribution in [2.45, 2.75) is 143 Å². The predicted octanol–water partition coefficient (Wildman–Crippen LogP) is 6.70. The topological polar surface area (TPSA) is 88.1 Å². The van der Waals surface area contributed by atoms with Crippen LogP contribution in [-0.2, 0) is 0 Å². The Balaban J connectivity index is 1.17. The fraction of sp³-hybridized carbons (Fsp3) is 1.00. The van der Waals surface area contributed by atoms with Crippen LogP contribution in [0.3, 0.4) is 0 Å². The summed E-state index contributed by atoms with van der Waals surface area (Å²) >= 11 is 0. The Morgan fingerprint density at radius 1 is 0.714 bits per heavy atom. The molecule has 4 saturated carbocycles. The van der Waals surface area contributed by atoms with E-state index in [9.17, 15) is 0 Å². The lowest BCUT2D eigenvalue weighted by Gasteiger charge is -2.61. The Labute approximate surface area is 261 Å². The minimum atomic E-state index is 0.374. The second-order valence-electron chi connectivity index (χ2n) is 16.5. The molecule has 0 aromatic heterocycles. The van der Waals surface area contributed by atoms with E-state index in [0.29, 0.717) is 22.8 Å². The maximum Gasteiger partial charge on any atom is 0.00701 e. The number of hydrogen-bond acceptors (Lipinski definition) is 5. The van der Waals surface area contributed by atoms with Gasteiger partial charge in [0.1, 0.15) is 0 Å². The lowest BCUT2D eigenvalue weighted by Crippen LogP contribution is -2.55. The summed E-state index contributed by atoms with van der Waals surface area (Å²) in [6.45, 7) is 19.1. The third-order valence-electron chi connectivity index (χ3n) is 13.7. The van der Waals surface area contributed by atoms with Crippen molar-refractivity contribution < 1.29 is 0 Å². The Kier molecular flexibility index (Phi) is 13.5. The zero-order valence-electron chi connectivity index (χ0n) is 28.7. The summed E-state index contributed by atoms with van der Waals surface area (Å²) in [7, 11) is 0. The molecule has 42 heavy (non-hydrogen) atoms. The van der Waals surface area contributed by atoms with E-state index in [-0.39, 0.29) is 0 Å². The number of rotatable bonds is 18. The number of fused-ring (bicyclic) bond motifs is 5. The molecular weight excluding hydrogens is 514 g/mol. The molecule has 2 unspecified atom stereocenters. The predicted molar refractivity (Wildman–Crippen MR) is 181 cm³/mol. The van der Waals surface area contributed by atoms with Gasteiger partial charge in [0, 0.05) is 12.1 Å². The van der Waals surface area contributed by atoms with Gasteiger partial charge in [-0.05, 0) is 188 Å². The summed E-state index contributed by atoms with van der Waals surface area (Å²) in [5.41, 5.74) is 13.2. The number of nitrogens with two attached hydrogens (primary N) is 2. The molecule has 0 aromatic carbocycles. The first-order valence-corrected chi connectivity index (χ1v) is 18.8. The summed E-state index contributed by atoms with van der Waals surface area (Å²) in [4.78, 5) is 0. The van der Waals surface area contributed by atoms with Crippen LogP contribution in [0.25, 0.3) is 0 Å². The molecule has 5 nitrogen and oxygen atoms in total. The zero-order valence-corrected chi connectivity index (χ0v) is 28.7. The first-order valence-electron chi connectivity index (χ1n) is 18.8. The first kappa shape index (κ1) is 34.7. The molecule has 0 bridgehead atoms. The molecule has 0 aromatic rings. The summed E-state index contributed by atoms with van der Waals surface area (Å²) in [5, 5.41) is 11.1. The molecule has 0 spiro atoms. The lowest BCUT2D eigenvalue weighted by molar-refractivity contribution is -0.118. The molecule has 7 N–H and O–H groups in total. The second-order valence-corrected chi connectivity index (χ2v) is 16.5. The Hall–Kier alpha value is -0.200. The van der Waals surface area contributed by atoms with Crippen LogP contribution in [0.15, 0.2) is 0 Å². The van der Waals surface area contributed by atoms with Gasteiger partial charge in [0.2, 0.25) is 0 Å². The molecule has 5 heteroatoms. The zero-order chi connectivity index (χ0) is 30.2. The average Bonchev–Trinajstić information content (AvgIpc) is 3.33. The first-order chi connectivity index (χ1) is 20.2. The van der Waals surface area contributed by atoms with Gasteiger partial charge in [-0.2, -0.15) is 0 Å². The van der Waals surface area contributed by atoms with Crippen molar-refractivity contribution in [2.24, 2.45) is 63.7 Å². The largest absolute Gasteiger partial charge is 0.330 e. The van der Waals surface area contributed by atoms with Crippen molar-refractivity contribution in [3.63, 3.8) is 0 Å². The van der Waals surface area contributed by atoms with Crippen molar-refractivity contribution in [1.29, 1.82) is 0 Å². The van der Waals surface area contributed by atoms with Crippen molar-refractivity contribution in [3.8, 4) is 0 Å².